The first kappa shape index (κ1) is 24.1. The molecule has 1 aliphatic rings. The van der Waals surface area contributed by atoms with Gasteiger partial charge in [0.2, 0.25) is 20.0 Å². The van der Waals surface area contributed by atoms with E-state index in [1.807, 2.05) is 0 Å². The molecular formula is C20H26N4O6S2. The van der Waals surface area contributed by atoms with Crippen molar-refractivity contribution in [2.24, 2.45) is 0 Å². The van der Waals surface area contributed by atoms with Crippen LogP contribution in [0.3, 0.4) is 0 Å². The maximum atomic E-state index is 12.8. The van der Waals surface area contributed by atoms with Gasteiger partial charge in [0.1, 0.15) is 5.69 Å². The highest BCUT2D eigenvalue weighted by Crippen LogP contribution is 2.33. The van der Waals surface area contributed by atoms with E-state index in [2.05, 4.69) is 0 Å². The maximum Gasteiger partial charge on any atom is 0.293 e. The normalized spacial score (nSPS) is 15.8. The Bertz CT molecular complexity index is 1170. The Hall–Kier alpha value is -2.54. The second-order valence-corrected chi connectivity index (χ2v) is 11.1. The molecule has 12 heteroatoms. The van der Waals surface area contributed by atoms with Crippen LogP contribution in [-0.4, -0.2) is 69.6 Å². The van der Waals surface area contributed by atoms with Crippen LogP contribution < -0.4 is 4.90 Å². The first-order valence-electron chi connectivity index (χ1n) is 10.2. The van der Waals surface area contributed by atoms with Crippen molar-refractivity contribution in [1.29, 1.82) is 0 Å². The number of hydrogen-bond donors (Lipinski definition) is 0. The SMILES string of the molecule is CCN(CC)S(=O)(=O)c1ccc(N2CCN(S(=O)(=O)c3ccccc3)CC2)c([N+](=O)[O-])c1. The number of hydrogen-bond acceptors (Lipinski definition) is 7. The molecule has 0 aliphatic carbocycles. The van der Waals surface area contributed by atoms with Crippen LogP contribution in [-0.2, 0) is 20.0 Å². The van der Waals surface area contributed by atoms with Gasteiger partial charge in [0.25, 0.3) is 5.69 Å². The zero-order valence-corrected chi connectivity index (χ0v) is 19.5. The minimum absolute atomic E-state index is 0.137. The van der Waals surface area contributed by atoms with Crippen LogP contribution in [0.15, 0.2) is 58.3 Å². The zero-order valence-electron chi connectivity index (χ0n) is 17.9. The Labute approximate surface area is 188 Å². The molecule has 1 fully saturated rings. The van der Waals surface area contributed by atoms with E-state index in [1.54, 1.807) is 36.9 Å². The molecule has 2 aromatic rings. The first-order valence-corrected chi connectivity index (χ1v) is 13.1. The Morgan fingerprint density at radius 2 is 1.50 bits per heavy atom. The van der Waals surface area contributed by atoms with Gasteiger partial charge in [0.05, 0.1) is 14.7 Å². The van der Waals surface area contributed by atoms with Crippen molar-refractivity contribution >= 4 is 31.4 Å². The van der Waals surface area contributed by atoms with Crippen LogP contribution in [0.1, 0.15) is 13.8 Å². The van der Waals surface area contributed by atoms with E-state index in [-0.39, 0.29) is 60.4 Å². The predicted octanol–water partition coefficient (Wildman–Crippen LogP) is 2.14. The van der Waals surface area contributed by atoms with Crippen LogP contribution in [0.5, 0.6) is 0 Å². The van der Waals surface area contributed by atoms with Gasteiger partial charge in [-0.15, -0.1) is 0 Å². The fourth-order valence-corrected chi connectivity index (χ4v) is 6.62. The molecular weight excluding hydrogens is 456 g/mol. The Morgan fingerprint density at radius 1 is 0.906 bits per heavy atom. The largest absolute Gasteiger partial charge is 0.363 e. The van der Waals surface area contributed by atoms with Crippen LogP contribution >= 0.6 is 0 Å². The Kier molecular flexibility index (Phi) is 7.18. The fourth-order valence-electron chi connectivity index (χ4n) is 3.70. The number of anilines is 1. The molecule has 0 amide bonds. The molecule has 32 heavy (non-hydrogen) atoms. The minimum Gasteiger partial charge on any atom is -0.363 e. The van der Waals surface area contributed by atoms with E-state index in [0.717, 1.165) is 6.07 Å². The molecule has 0 N–H and O–H groups in total. The standard InChI is InChI=1S/C20H26N4O6S2/c1-3-22(4-2)32(29,30)18-10-11-19(20(16-18)24(25)26)21-12-14-23(15-13-21)31(27,28)17-8-6-5-7-9-17/h5-11,16H,3-4,12-15H2,1-2H3. The van der Waals surface area contributed by atoms with Gasteiger partial charge in [-0.3, -0.25) is 10.1 Å². The zero-order chi connectivity index (χ0) is 23.5. The Morgan fingerprint density at radius 3 is 2.03 bits per heavy atom. The van der Waals surface area contributed by atoms with Crippen molar-refractivity contribution < 1.29 is 21.8 Å². The van der Waals surface area contributed by atoms with Gasteiger partial charge in [-0.05, 0) is 24.3 Å². The van der Waals surface area contributed by atoms with Gasteiger partial charge in [0, 0.05) is 45.3 Å². The number of piperazine rings is 1. The first-order chi connectivity index (χ1) is 15.1. The lowest BCUT2D eigenvalue weighted by atomic mass is 10.2. The molecule has 0 spiro atoms. The van der Waals surface area contributed by atoms with Crippen LogP contribution in [0.4, 0.5) is 11.4 Å². The maximum absolute atomic E-state index is 12.8. The van der Waals surface area contributed by atoms with Gasteiger partial charge >= 0.3 is 0 Å². The van der Waals surface area contributed by atoms with Crippen molar-refractivity contribution in [3.8, 4) is 0 Å². The average molecular weight is 483 g/mol. The topological polar surface area (TPSA) is 121 Å². The molecule has 1 aliphatic heterocycles. The van der Waals surface area contributed by atoms with Crippen molar-refractivity contribution in [3.63, 3.8) is 0 Å². The van der Waals surface area contributed by atoms with Crippen LogP contribution in [0.2, 0.25) is 0 Å². The van der Waals surface area contributed by atoms with Crippen molar-refractivity contribution in [3.05, 3.63) is 58.6 Å². The highest BCUT2D eigenvalue weighted by Gasteiger charge is 2.32. The fraction of sp³-hybridized carbons (Fsp3) is 0.400. The monoisotopic (exact) mass is 482 g/mol. The number of nitro groups is 1. The minimum atomic E-state index is -3.84. The van der Waals surface area contributed by atoms with E-state index in [0.29, 0.717) is 0 Å². The van der Waals surface area contributed by atoms with E-state index in [9.17, 15) is 26.9 Å². The van der Waals surface area contributed by atoms with Crippen molar-refractivity contribution in [1.82, 2.24) is 8.61 Å². The molecule has 2 aromatic carbocycles. The van der Waals surface area contributed by atoms with Crippen molar-refractivity contribution in [2.45, 2.75) is 23.6 Å². The summed E-state index contributed by atoms with van der Waals surface area (Å²) >= 11 is 0. The number of nitro benzene ring substituents is 1. The summed E-state index contributed by atoms with van der Waals surface area (Å²) in [6, 6.07) is 12.0. The third-order valence-electron chi connectivity index (χ3n) is 5.45. The second-order valence-electron chi connectivity index (χ2n) is 7.20. The molecule has 174 valence electrons. The highest BCUT2D eigenvalue weighted by atomic mass is 32.2. The van der Waals surface area contributed by atoms with E-state index in [4.69, 9.17) is 0 Å². The summed E-state index contributed by atoms with van der Waals surface area (Å²) in [7, 11) is -7.49. The van der Waals surface area contributed by atoms with E-state index < -0.39 is 25.0 Å². The lowest BCUT2D eigenvalue weighted by Crippen LogP contribution is -2.48. The summed E-state index contributed by atoms with van der Waals surface area (Å²) in [6.07, 6.45) is 0. The third kappa shape index (κ3) is 4.63. The lowest BCUT2D eigenvalue weighted by molar-refractivity contribution is -0.384. The summed E-state index contributed by atoms with van der Waals surface area (Å²) in [5, 5.41) is 11.7. The number of rotatable bonds is 8. The molecule has 0 radical (unpaired) electrons. The van der Waals surface area contributed by atoms with Gasteiger partial charge in [-0.25, -0.2) is 16.8 Å². The predicted molar refractivity (Wildman–Crippen MR) is 121 cm³/mol. The van der Waals surface area contributed by atoms with Crippen molar-refractivity contribution in [2.75, 3.05) is 44.2 Å². The molecule has 3 rings (SSSR count). The van der Waals surface area contributed by atoms with E-state index >= 15 is 0 Å². The Balaban J connectivity index is 1.85. The molecule has 1 saturated heterocycles. The molecule has 0 aromatic heterocycles. The number of nitrogens with zero attached hydrogens (tertiary/aromatic N) is 4. The third-order valence-corrected chi connectivity index (χ3v) is 9.41. The summed E-state index contributed by atoms with van der Waals surface area (Å²) in [5.41, 5.74) is -0.0529. The molecule has 10 nitrogen and oxygen atoms in total. The molecule has 1 heterocycles. The summed E-state index contributed by atoms with van der Waals surface area (Å²) in [4.78, 5) is 12.9. The molecule has 0 unspecified atom stereocenters. The van der Waals surface area contributed by atoms with Crippen LogP contribution in [0, 0.1) is 10.1 Å². The number of benzene rings is 2. The quantitative estimate of drug-likeness (QED) is 0.417. The second kappa shape index (κ2) is 9.53. The highest BCUT2D eigenvalue weighted by molar-refractivity contribution is 7.89. The average Bonchev–Trinajstić information content (AvgIpc) is 2.80. The van der Waals surface area contributed by atoms with Gasteiger partial charge in [0.15, 0.2) is 0 Å². The summed E-state index contributed by atoms with van der Waals surface area (Å²) < 4.78 is 53.7. The van der Waals surface area contributed by atoms with Gasteiger partial charge < -0.3 is 4.90 Å². The smallest absolute Gasteiger partial charge is 0.293 e. The molecule has 0 atom stereocenters. The van der Waals surface area contributed by atoms with Gasteiger partial charge in [-0.1, -0.05) is 32.0 Å². The number of sulfonamides is 2. The van der Waals surface area contributed by atoms with E-state index in [1.165, 1.54) is 32.9 Å². The summed E-state index contributed by atoms with van der Waals surface area (Å²) in [6.45, 7) is 4.73. The molecule has 0 saturated carbocycles. The molecule has 0 bridgehead atoms. The van der Waals surface area contributed by atoms with Gasteiger partial charge in [-0.2, -0.15) is 8.61 Å². The van der Waals surface area contributed by atoms with Crippen LogP contribution in [0.25, 0.3) is 0 Å². The lowest BCUT2D eigenvalue weighted by Gasteiger charge is -2.35. The summed E-state index contributed by atoms with van der Waals surface area (Å²) in [5.74, 6) is 0.